The summed E-state index contributed by atoms with van der Waals surface area (Å²) >= 11 is 1.76. The number of hydrogen-bond acceptors (Lipinski definition) is 4. The van der Waals surface area contributed by atoms with E-state index < -0.39 is 18.1 Å². The number of ether oxygens (including phenoxy) is 1. The fourth-order valence-electron chi connectivity index (χ4n) is 1.08. The Kier molecular flexibility index (Phi) is 4.39. The van der Waals surface area contributed by atoms with Gasteiger partial charge in [-0.3, -0.25) is 4.79 Å². The standard InChI is InChI=1S/C9H9F2IN2O2/c1-16-7(15)2-4-5(13)3-6(8(10)11)14-9(4)12/h3,8H,2H2,1H3,(H2,13,14). The van der Waals surface area contributed by atoms with Crippen LogP contribution in [0.15, 0.2) is 6.07 Å². The number of anilines is 1. The van der Waals surface area contributed by atoms with Gasteiger partial charge in [0.05, 0.1) is 13.5 Å². The summed E-state index contributed by atoms with van der Waals surface area (Å²) in [5, 5.41) is 0. The van der Waals surface area contributed by atoms with E-state index >= 15 is 0 Å². The zero-order valence-electron chi connectivity index (χ0n) is 8.34. The number of pyridine rings is 1. The van der Waals surface area contributed by atoms with Crippen LogP contribution in [0.4, 0.5) is 14.5 Å². The van der Waals surface area contributed by atoms with E-state index in [1.165, 1.54) is 7.11 Å². The van der Waals surface area contributed by atoms with Gasteiger partial charge in [-0.05, 0) is 28.7 Å². The molecule has 16 heavy (non-hydrogen) atoms. The molecule has 0 bridgehead atoms. The topological polar surface area (TPSA) is 65.2 Å². The third-order valence-corrected chi connectivity index (χ3v) is 2.79. The number of nitrogens with two attached hydrogens (primary N) is 1. The van der Waals surface area contributed by atoms with Crippen molar-refractivity contribution in [2.24, 2.45) is 0 Å². The van der Waals surface area contributed by atoms with E-state index in [-0.39, 0.29) is 12.1 Å². The predicted octanol–water partition coefficient (Wildman–Crippen LogP) is 1.92. The number of carbonyl (C=O) groups excluding carboxylic acids is 1. The van der Waals surface area contributed by atoms with Crippen LogP contribution in [0.2, 0.25) is 0 Å². The van der Waals surface area contributed by atoms with Gasteiger partial charge in [0.15, 0.2) is 0 Å². The summed E-state index contributed by atoms with van der Waals surface area (Å²) in [4.78, 5) is 14.7. The summed E-state index contributed by atoms with van der Waals surface area (Å²) in [5.74, 6) is -0.490. The lowest BCUT2D eigenvalue weighted by molar-refractivity contribution is -0.139. The van der Waals surface area contributed by atoms with Crippen LogP contribution in [0.5, 0.6) is 0 Å². The number of methoxy groups -OCH3 is 1. The first-order chi connectivity index (χ1) is 7.45. The van der Waals surface area contributed by atoms with Gasteiger partial charge >= 0.3 is 5.97 Å². The normalized spacial score (nSPS) is 10.6. The summed E-state index contributed by atoms with van der Waals surface area (Å²) < 4.78 is 29.5. The Morgan fingerprint density at radius 2 is 2.31 bits per heavy atom. The van der Waals surface area contributed by atoms with Crippen molar-refractivity contribution in [1.82, 2.24) is 4.98 Å². The second-order valence-electron chi connectivity index (χ2n) is 2.96. The quantitative estimate of drug-likeness (QED) is 0.518. The highest BCUT2D eigenvalue weighted by Crippen LogP contribution is 2.25. The van der Waals surface area contributed by atoms with E-state index in [1.54, 1.807) is 22.6 Å². The van der Waals surface area contributed by atoms with Crippen molar-refractivity contribution in [3.05, 3.63) is 21.0 Å². The van der Waals surface area contributed by atoms with Crippen molar-refractivity contribution in [3.63, 3.8) is 0 Å². The lowest BCUT2D eigenvalue weighted by Gasteiger charge is -2.09. The predicted molar refractivity (Wildman–Crippen MR) is 62.0 cm³/mol. The van der Waals surface area contributed by atoms with Gasteiger partial charge in [0.25, 0.3) is 6.43 Å². The number of halogens is 3. The van der Waals surface area contributed by atoms with Gasteiger partial charge in [-0.1, -0.05) is 0 Å². The molecule has 1 heterocycles. The maximum absolute atomic E-state index is 12.4. The van der Waals surface area contributed by atoms with Crippen LogP contribution in [0.1, 0.15) is 17.7 Å². The van der Waals surface area contributed by atoms with Crippen LogP contribution in [0.25, 0.3) is 0 Å². The average Bonchev–Trinajstić information content (AvgIpc) is 2.22. The van der Waals surface area contributed by atoms with Gasteiger partial charge in [0.2, 0.25) is 0 Å². The zero-order chi connectivity index (χ0) is 12.3. The SMILES string of the molecule is COC(=O)Cc1c(N)cc(C(F)F)nc1I. The van der Waals surface area contributed by atoms with Crippen molar-refractivity contribution in [3.8, 4) is 0 Å². The molecule has 0 saturated carbocycles. The van der Waals surface area contributed by atoms with E-state index in [4.69, 9.17) is 5.73 Å². The number of alkyl halides is 2. The molecule has 0 aromatic carbocycles. The molecule has 4 nitrogen and oxygen atoms in total. The first-order valence-corrected chi connectivity index (χ1v) is 5.33. The number of carbonyl (C=O) groups is 1. The van der Waals surface area contributed by atoms with Crippen LogP contribution in [-0.4, -0.2) is 18.1 Å². The number of rotatable bonds is 3. The molecule has 0 fully saturated rings. The molecule has 0 atom stereocenters. The summed E-state index contributed by atoms with van der Waals surface area (Å²) in [6.07, 6.45) is -2.75. The van der Waals surface area contributed by atoms with Gasteiger partial charge < -0.3 is 10.5 Å². The van der Waals surface area contributed by atoms with E-state index in [2.05, 4.69) is 9.72 Å². The molecule has 0 amide bonds. The monoisotopic (exact) mass is 342 g/mol. The third-order valence-electron chi connectivity index (χ3n) is 1.90. The number of esters is 1. The first-order valence-electron chi connectivity index (χ1n) is 4.25. The minimum absolute atomic E-state index is 0.0723. The molecule has 1 aromatic rings. The van der Waals surface area contributed by atoms with Gasteiger partial charge in [-0.2, -0.15) is 0 Å². The molecule has 7 heteroatoms. The molecule has 1 rings (SSSR count). The van der Waals surface area contributed by atoms with Gasteiger partial charge in [0.1, 0.15) is 9.39 Å². The van der Waals surface area contributed by atoms with Crippen LogP contribution in [0.3, 0.4) is 0 Å². The van der Waals surface area contributed by atoms with Crippen molar-refractivity contribution in [1.29, 1.82) is 0 Å². The third kappa shape index (κ3) is 3.00. The van der Waals surface area contributed by atoms with Gasteiger partial charge in [-0.25, -0.2) is 13.8 Å². The number of aromatic nitrogens is 1. The Bertz CT molecular complexity index is 389. The molecule has 0 aliphatic rings. The fraction of sp³-hybridized carbons (Fsp3) is 0.333. The highest BCUT2D eigenvalue weighted by atomic mass is 127. The Morgan fingerprint density at radius 3 is 2.75 bits per heavy atom. The molecule has 0 saturated heterocycles. The Labute approximate surface area is 104 Å². The van der Waals surface area contributed by atoms with Crippen LogP contribution in [0, 0.1) is 3.70 Å². The van der Waals surface area contributed by atoms with Crippen molar-refractivity contribution in [2.75, 3.05) is 12.8 Å². The molecule has 2 N–H and O–H groups in total. The lowest BCUT2D eigenvalue weighted by atomic mass is 10.1. The van der Waals surface area contributed by atoms with Gasteiger partial charge in [-0.15, -0.1) is 0 Å². The largest absolute Gasteiger partial charge is 0.469 e. The molecule has 0 radical (unpaired) electrons. The Balaban J connectivity index is 3.07. The summed E-state index contributed by atoms with van der Waals surface area (Å²) in [6, 6.07) is 1.07. The molecule has 88 valence electrons. The number of hydrogen-bond donors (Lipinski definition) is 1. The number of nitrogen functional groups attached to an aromatic ring is 1. The minimum atomic E-state index is -2.68. The van der Waals surface area contributed by atoms with E-state index in [1.807, 2.05) is 0 Å². The smallest absolute Gasteiger partial charge is 0.310 e. The van der Waals surface area contributed by atoms with E-state index in [9.17, 15) is 13.6 Å². The van der Waals surface area contributed by atoms with Crippen LogP contribution < -0.4 is 5.73 Å². The lowest BCUT2D eigenvalue weighted by Crippen LogP contribution is -2.10. The molecule has 0 aliphatic carbocycles. The second kappa shape index (κ2) is 5.37. The van der Waals surface area contributed by atoms with Crippen LogP contribution in [-0.2, 0) is 16.0 Å². The Hall–Kier alpha value is -0.990. The molecular formula is C9H9F2IN2O2. The summed E-state index contributed by atoms with van der Waals surface area (Å²) in [5.41, 5.74) is 5.72. The van der Waals surface area contributed by atoms with Gasteiger partial charge in [0, 0.05) is 11.3 Å². The molecular weight excluding hydrogens is 333 g/mol. The zero-order valence-corrected chi connectivity index (χ0v) is 10.5. The first kappa shape index (κ1) is 13.1. The summed E-state index contributed by atoms with van der Waals surface area (Å²) in [7, 11) is 1.24. The van der Waals surface area contributed by atoms with Crippen LogP contribution >= 0.6 is 22.6 Å². The van der Waals surface area contributed by atoms with Crippen molar-refractivity contribution in [2.45, 2.75) is 12.8 Å². The van der Waals surface area contributed by atoms with E-state index in [0.29, 0.717) is 9.26 Å². The van der Waals surface area contributed by atoms with Crippen molar-refractivity contribution >= 4 is 34.2 Å². The second-order valence-corrected chi connectivity index (χ2v) is 3.98. The number of nitrogens with zero attached hydrogens (tertiary/aromatic N) is 1. The molecule has 0 spiro atoms. The van der Waals surface area contributed by atoms with Crippen molar-refractivity contribution < 1.29 is 18.3 Å². The minimum Gasteiger partial charge on any atom is -0.469 e. The maximum atomic E-state index is 12.4. The average molecular weight is 342 g/mol. The highest BCUT2D eigenvalue weighted by molar-refractivity contribution is 14.1. The molecule has 1 aromatic heterocycles. The Morgan fingerprint density at radius 1 is 1.69 bits per heavy atom. The highest BCUT2D eigenvalue weighted by Gasteiger charge is 2.17. The maximum Gasteiger partial charge on any atom is 0.310 e. The summed E-state index contributed by atoms with van der Waals surface area (Å²) in [6.45, 7) is 0. The van der Waals surface area contributed by atoms with E-state index in [0.717, 1.165) is 6.07 Å². The fourth-order valence-corrected chi connectivity index (χ4v) is 1.86. The molecule has 0 aliphatic heterocycles. The molecule has 0 unspecified atom stereocenters.